The number of nitrogens with two attached hydrogens (primary N) is 1. The normalized spacial score (nSPS) is 30.3. The standard InChI is InChI=1S/C4H8N2O2.ClH/c5-2-1-3(2)6-4(7)8;/h2-3,6H,1,5H2,(H,7,8);1H. The second kappa shape index (κ2) is 2.89. The van der Waals surface area contributed by atoms with Crippen molar-refractivity contribution < 1.29 is 9.90 Å². The van der Waals surface area contributed by atoms with Gasteiger partial charge in [0.2, 0.25) is 0 Å². The Bertz CT molecular complexity index is 119. The Morgan fingerprint density at radius 2 is 2.22 bits per heavy atom. The fourth-order valence-corrected chi connectivity index (χ4v) is 0.539. The van der Waals surface area contributed by atoms with E-state index in [9.17, 15) is 4.79 Å². The van der Waals surface area contributed by atoms with Crippen LogP contribution in [-0.2, 0) is 0 Å². The predicted octanol–water partition coefficient (Wildman–Crippen LogP) is -0.225. The number of hydrogen-bond donors (Lipinski definition) is 3. The maximum absolute atomic E-state index is 9.83. The van der Waals surface area contributed by atoms with Crippen LogP contribution in [0.3, 0.4) is 0 Å². The van der Waals surface area contributed by atoms with Gasteiger partial charge in [0.25, 0.3) is 0 Å². The van der Waals surface area contributed by atoms with Gasteiger partial charge in [0.15, 0.2) is 0 Å². The van der Waals surface area contributed by atoms with E-state index < -0.39 is 6.09 Å². The van der Waals surface area contributed by atoms with Crippen LogP contribution in [-0.4, -0.2) is 23.3 Å². The summed E-state index contributed by atoms with van der Waals surface area (Å²) in [6, 6.07) is 0.0820. The summed E-state index contributed by atoms with van der Waals surface area (Å²) in [5.41, 5.74) is 5.29. The fraction of sp³-hybridized carbons (Fsp3) is 0.750. The molecular weight excluding hydrogens is 144 g/mol. The first-order chi connectivity index (χ1) is 3.70. The first kappa shape index (κ1) is 8.52. The number of nitrogens with one attached hydrogen (secondary N) is 1. The third-order valence-electron chi connectivity index (χ3n) is 1.15. The third-order valence-corrected chi connectivity index (χ3v) is 1.15. The van der Waals surface area contributed by atoms with Crippen LogP contribution >= 0.6 is 12.4 Å². The second-order valence-corrected chi connectivity index (χ2v) is 1.96. The molecule has 1 aliphatic carbocycles. The SMILES string of the molecule is Cl.NC1CC1NC(=O)O. The summed E-state index contributed by atoms with van der Waals surface area (Å²) in [4.78, 5) is 9.83. The van der Waals surface area contributed by atoms with E-state index in [0.717, 1.165) is 6.42 Å². The van der Waals surface area contributed by atoms with Crippen LogP contribution in [0.4, 0.5) is 4.79 Å². The molecule has 1 saturated carbocycles. The van der Waals surface area contributed by atoms with E-state index in [0.29, 0.717) is 0 Å². The Hall–Kier alpha value is -0.480. The van der Waals surface area contributed by atoms with Gasteiger partial charge in [-0.3, -0.25) is 0 Å². The van der Waals surface area contributed by atoms with Gasteiger partial charge in [0.05, 0.1) is 0 Å². The fourth-order valence-electron chi connectivity index (χ4n) is 0.539. The van der Waals surface area contributed by atoms with Gasteiger partial charge < -0.3 is 16.2 Å². The Balaban J connectivity index is 0.000000640. The lowest BCUT2D eigenvalue weighted by Crippen LogP contribution is -2.27. The van der Waals surface area contributed by atoms with Crippen molar-refractivity contribution in [1.29, 1.82) is 0 Å². The van der Waals surface area contributed by atoms with Crippen molar-refractivity contribution in [3.63, 3.8) is 0 Å². The van der Waals surface area contributed by atoms with Gasteiger partial charge >= 0.3 is 6.09 Å². The molecule has 2 atom stereocenters. The molecule has 0 saturated heterocycles. The molecule has 0 aliphatic heterocycles. The number of rotatable bonds is 1. The topological polar surface area (TPSA) is 75.3 Å². The molecule has 2 unspecified atom stereocenters. The average Bonchev–Trinajstić information content (AvgIpc) is 2.17. The van der Waals surface area contributed by atoms with Gasteiger partial charge in [-0.2, -0.15) is 0 Å². The molecule has 1 rings (SSSR count). The lowest BCUT2D eigenvalue weighted by molar-refractivity contribution is 0.193. The minimum Gasteiger partial charge on any atom is -0.465 e. The van der Waals surface area contributed by atoms with Crippen molar-refractivity contribution in [3.05, 3.63) is 0 Å². The van der Waals surface area contributed by atoms with Crippen LogP contribution in [0.2, 0.25) is 0 Å². The summed E-state index contributed by atoms with van der Waals surface area (Å²) in [7, 11) is 0. The highest BCUT2D eigenvalue weighted by molar-refractivity contribution is 5.85. The zero-order chi connectivity index (χ0) is 6.15. The van der Waals surface area contributed by atoms with Gasteiger partial charge in [0.1, 0.15) is 0 Å². The molecule has 5 heteroatoms. The number of hydrogen-bond acceptors (Lipinski definition) is 2. The number of amides is 1. The Morgan fingerprint density at radius 3 is 2.33 bits per heavy atom. The molecule has 4 N–H and O–H groups in total. The van der Waals surface area contributed by atoms with Gasteiger partial charge in [-0.15, -0.1) is 12.4 Å². The summed E-state index contributed by atoms with van der Waals surface area (Å²) >= 11 is 0. The number of carboxylic acid groups (broad SMARTS) is 1. The van der Waals surface area contributed by atoms with Crippen molar-refractivity contribution in [2.24, 2.45) is 5.73 Å². The van der Waals surface area contributed by atoms with E-state index in [1.807, 2.05) is 0 Å². The highest BCUT2D eigenvalue weighted by atomic mass is 35.5. The predicted molar refractivity (Wildman–Crippen MR) is 34.8 cm³/mol. The Morgan fingerprint density at radius 1 is 1.78 bits per heavy atom. The summed E-state index contributed by atoms with van der Waals surface area (Å²) in [5.74, 6) is 0. The van der Waals surface area contributed by atoms with Crippen molar-refractivity contribution in [1.82, 2.24) is 5.32 Å². The first-order valence-corrected chi connectivity index (χ1v) is 2.45. The number of halogens is 1. The lowest BCUT2D eigenvalue weighted by Gasteiger charge is -1.92. The Kier molecular flexibility index (Phi) is 2.73. The van der Waals surface area contributed by atoms with Crippen LogP contribution in [0.15, 0.2) is 0 Å². The molecule has 0 aromatic heterocycles. The van der Waals surface area contributed by atoms with Crippen LogP contribution < -0.4 is 11.1 Å². The van der Waals surface area contributed by atoms with Crippen LogP contribution in [0.1, 0.15) is 6.42 Å². The van der Waals surface area contributed by atoms with Gasteiger partial charge in [-0.05, 0) is 6.42 Å². The van der Waals surface area contributed by atoms with Crippen molar-refractivity contribution >= 4 is 18.5 Å². The van der Waals surface area contributed by atoms with Crippen molar-refractivity contribution in [3.8, 4) is 0 Å². The summed E-state index contributed by atoms with van der Waals surface area (Å²) in [6.45, 7) is 0. The first-order valence-electron chi connectivity index (χ1n) is 2.45. The molecule has 0 aromatic rings. The average molecular weight is 153 g/mol. The second-order valence-electron chi connectivity index (χ2n) is 1.96. The van der Waals surface area contributed by atoms with Crippen LogP contribution in [0.5, 0.6) is 0 Å². The summed E-state index contributed by atoms with van der Waals surface area (Å²) in [5, 5.41) is 10.3. The molecule has 0 radical (unpaired) electrons. The van der Waals surface area contributed by atoms with E-state index in [1.54, 1.807) is 0 Å². The van der Waals surface area contributed by atoms with E-state index in [2.05, 4.69) is 5.32 Å². The van der Waals surface area contributed by atoms with E-state index in [4.69, 9.17) is 10.8 Å². The minimum absolute atomic E-state index is 0. The molecule has 4 nitrogen and oxygen atoms in total. The molecule has 1 fully saturated rings. The highest BCUT2D eigenvalue weighted by Crippen LogP contribution is 2.16. The van der Waals surface area contributed by atoms with Crippen LogP contribution in [0.25, 0.3) is 0 Å². The van der Waals surface area contributed by atoms with Crippen molar-refractivity contribution in [2.75, 3.05) is 0 Å². The molecule has 0 aromatic carbocycles. The van der Waals surface area contributed by atoms with Crippen molar-refractivity contribution in [2.45, 2.75) is 18.5 Å². The third kappa shape index (κ3) is 2.53. The molecule has 54 valence electrons. The molecule has 0 spiro atoms. The monoisotopic (exact) mass is 152 g/mol. The smallest absolute Gasteiger partial charge is 0.404 e. The van der Waals surface area contributed by atoms with E-state index >= 15 is 0 Å². The zero-order valence-electron chi connectivity index (χ0n) is 4.70. The largest absolute Gasteiger partial charge is 0.465 e. The molecule has 1 amide bonds. The molecule has 0 bridgehead atoms. The zero-order valence-corrected chi connectivity index (χ0v) is 5.52. The van der Waals surface area contributed by atoms with Crippen LogP contribution in [0, 0.1) is 0 Å². The Labute approximate surface area is 58.8 Å². The van der Waals surface area contributed by atoms with Gasteiger partial charge in [-0.1, -0.05) is 0 Å². The maximum atomic E-state index is 9.83. The van der Waals surface area contributed by atoms with Gasteiger partial charge in [0, 0.05) is 12.1 Å². The number of carbonyl (C=O) groups is 1. The minimum atomic E-state index is -0.983. The molecule has 0 heterocycles. The lowest BCUT2D eigenvalue weighted by atomic mass is 10.7. The van der Waals surface area contributed by atoms with Gasteiger partial charge in [-0.25, -0.2) is 4.79 Å². The summed E-state index contributed by atoms with van der Waals surface area (Å²) in [6.07, 6.45) is -0.199. The highest BCUT2D eigenvalue weighted by Gasteiger charge is 2.34. The molecule has 1 aliphatic rings. The maximum Gasteiger partial charge on any atom is 0.404 e. The van der Waals surface area contributed by atoms with E-state index in [-0.39, 0.29) is 24.5 Å². The molecular formula is C4H9ClN2O2. The molecule has 9 heavy (non-hydrogen) atoms. The quantitative estimate of drug-likeness (QED) is 0.486. The summed E-state index contributed by atoms with van der Waals surface area (Å²) < 4.78 is 0. The van der Waals surface area contributed by atoms with E-state index in [1.165, 1.54) is 0 Å².